The zero-order chi connectivity index (χ0) is 32.4. The number of nitrogens with zero attached hydrogens (tertiary/aromatic N) is 1. The van der Waals surface area contributed by atoms with Gasteiger partial charge >= 0.3 is 12.1 Å². The van der Waals surface area contributed by atoms with Crippen molar-refractivity contribution in [3.63, 3.8) is 0 Å². The van der Waals surface area contributed by atoms with E-state index in [1.165, 1.54) is 0 Å². The quantitative estimate of drug-likeness (QED) is 0.134. The molecule has 1 amide bonds. The highest BCUT2D eigenvalue weighted by atomic mass is 16.6. The van der Waals surface area contributed by atoms with E-state index in [0.29, 0.717) is 32.6 Å². The Hall–Kier alpha value is -2.24. The predicted molar refractivity (Wildman–Crippen MR) is 176 cm³/mol. The number of hydrogen-bond acceptors (Lipinski definition) is 9. The number of rotatable bonds is 10. The molecule has 3 rings (SSSR count). The predicted octanol–water partition coefficient (Wildman–Crippen LogP) is 4.79. The fraction of sp³-hybridized carbons (Fsp3) is 0.771. The Morgan fingerprint density at radius 1 is 1.27 bits per heavy atom. The average Bonchev–Trinajstić information content (AvgIpc) is 3.78. The molecule has 0 aromatic carbocycles. The second-order valence-electron chi connectivity index (χ2n) is 13.1. The molecule has 3 heterocycles. The monoisotopic (exact) mass is 636 g/mol. The van der Waals surface area contributed by atoms with Crippen LogP contribution >= 0.6 is 0 Å². The molecule has 0 bridgehead atoms. The Kier molecular flexibility index (Phi) is 15.7. The average molecular weight is 637 g/mol. The Balaban J connectivity index is 0.00000705. The van der Waals surface area contributed by atoms with Crippen LogP contribution in [0.1, 0.15) is 81.1 Å². The van der Waals surface area contributed by atoms with E-state index >= 15 is 0 Å². The summed E-state index contributed by atoms with van der Waals surface area (Å²) in [4.78, 5) is 27.6. The summed E-state index contributed by atoms with van der Waals surface area (Å²) in [5.74, 6) is -0.316. The van der Waals surface area contributed by atoms with Crippen LogP contribution in [0.2, 0.25) is 0 Å². The van der Waals surface area contributed by atoms with Crippen LogP contribution < -0.4 is 5.32 Å². The highest BCUT2D eigenvalue weighted by Gasteiger charge is 2.45. The first-order valence-corrected chi connectivity index (χ1v) is 16.3. The van der Waals surface area contributed by atoms with Gasteiger partial charge in [0.05, 0.1) is 30.8 Å². The molecule has 2 saturated heterocycles. The van der Waals surface area contributed by atoms with E-state index in [4.69, 9.17) is 18.9 Å². The summed E-state index contributed by atoms with van der Waals surface area (Å²) in [5.41, 5.74) is -0.0467. The molecule has 10 heteroatoms. The van der Waals surface area contributed by atoms with Crippen LogP contribution in [-0.4, -0.2) is 103 Å². The Bertz CT molecular complexity index is 1030. The number of nitrogens with one attached hydrogen (secondary N) is 1. The Morgan fingerprint density at radius 3 is 2.60 bits per heavy atom. The molecule has 3 aliphatic rings. The van der Waals surface area contributed by atoms with E-state index in [-0.39, 0.29) is 56.3 Å². The van der Waals surface area contributed by atoms with Gasteiger partial charge in [-0.1, -0.05) is 59.4 Å². The zero-order valence-electron chi connectivity index (χ0n) is 27.7. The van der Waals surface area contributed by atoms with E-state index in [2.05, 4.69) is 18.3 Å². The van der Waals surface area contributed by atoms with E-state index in [1.807, 2.05) is 58.9 Å². The van der Waals surface area contributed by atoms with Crippen LogP contribution in [0.3, 0.4) is 0 Å². The van der Waals surface area contributed by atoms with E-state index in [0.717, 1.165) is 18.4 Å². The Labute approximate surface area is 271 Å². The fourth-order valence-corrected chi connectivity index (χ4v) is 6.02. The number of carbonyl (C=O) groups is 2. The first kappa shape index (κ1) is 38.9. The number of allylic oxidation sites excluding steroid dienone is 3. The molecule has 10 nitrogen and oxygen atoms in total. The Morgan fingerprint density at radius 2 is 1.96 bits per heavy atom. The van der Waals surface area contributed by atoms with E-state index in [1.54, 1.807) is 12.0 Å². The third kappa shape index (κ3) is 11.5. The summed E-state index contributed by atoms with van der Waals surface area (Å²) >= 11 is 0. The number of methoxy groups -OCH3 is 1. The summed E-state index contributed by atoms with van der Waals surface area (Å²) in [6.07, 6.45) is 9.25. The normalized spacial score (nSPS) is 34.4. The highest BCUT2D eigenvalue weighted by molar-refractivity contribution is 5.70. The molecule has 0 radical (unpaired) electrons. The van der Waals surface area contributed by atoms with Crippen LogP contribution in [0.4, 0.5) is 4.79 Å². The largest absolute Gasteiger partial charge is 0.457 e. The van der Waals surface area contributed by atoms with Gasteiger partial charge in [-0.25, -0.2) is 4.79 Å². The number of aliphatic hydroxyl groups is 2. The van der Waals surface area contributed by atoms with Crippen molar-refractivity contribution in [3.05, 3.63) is 36.0 Å². The van der Waals surface area contributed by atoms with Gasteiger partial charge < -0.3 is 39.4 Å². The molecule has 0 unspecified atom stereocenters. The molecule has 10 atom stereocenters. The minimum absolute atomic E-state index is 0. The van der Waals surface area contributed by atoms with E-state index in [9.17, 15) is 19.8 Å². The number of amides is 1. The minimum Gasteiger partial charge on any atom is -0.457 e. The van der Waals surface area contributed by atoms with Crippen molar-refractivity contribution in [3.8, 4) is 0 Å². The van der Waals surface area contributed by atoms with Gasteiger partial charge in [0.2, 0.25) is 0 Å². The number of carbonyl (C=O) groups excluding carboxylic acids is 2. The first-order valence-electron chi connectivity index (χ1n) is 16.3. The molecule has 0 aromatic rings. The maximum atomic E-state index is 13.1. The number of piperazine rings is 1. The lowest BCUT2D eigenvalue weighted by molar-refractivity contribution is -0.151. The second kappa shape index (κ2) is 18.2. The third-order valence-corrected chi connectivity index (χ3v) is 9.39. The smallest absolute Gasteiger partial charge is 0.410 e. The number of ether oxygens (including phenoxy) is 4. The molecular formula is C35H60N2O8. The molecule has 3 N–H and O–H groups in total. The second-order valence-corrected chi connectivity index (χ2v) is 13.1. The number of aliphatic hydroxyl groups excluding tert-OH is 2. The lowest BCUT2D eigenvalue weighted by Gasteiger charge is -2.37. The van der Waals surface area contributed by atoms with Crippen LogP contribution in [-0.2, 0) is 23.7 Å². The third-order valence-electron chi connectivity index (χ3n) is 9.39. The first-order chi connectivity index (χ1) is 20.9. The van der Waals surface area contributed by atoms with Crippen LogP contribution in [0.5, 0.6) is 0 Å². The number of cyclic esters (lactones) is 1. The van der Waals surface area contributed by atoms with Crippen molar-refractivity contribution in [1.82, 2.24) is 10.2 Å². The lowest BCUT2D eigenvalue weighted by atomic mass is 9.88. The molecule has 45 heavy (non-hydrogen) atoms. The SMILES string of the molecule is C.CC[C@H](O)[C@@H](C)[C@H]1O[C@@H]1C[C@H](C)/C=C/C=C(\C)[C@H]1OC(=O)C[C@H](O)CC[C@@](C)(OC)[C@@H](OC(=O)N2CCNCC2)/C=C/[C@@H]1C. The lowest BCUT2D eigenvalue weighted by Crippen LogP contribution is -2.50. The molecule has 2 fully saturated rings. The zero-order valence-corrected chi connectivity index (χ0v) is 27.7. The minimum atomic E-state index is -0.916. The van der Waals surface area contributed by atoms with Gasteiger partial charge in [-0.2, -0.15) is 0 Å². The number of hydrogen-bond donors (Lipinski definition) is 3. The van der Waals surface area contributed by atoms with Gasteiger partial charge in [0.25, 0.3) is 0 Å². The number of epoxide rings is 1. The van der Waals surface area contributed by atoms with Gasteiger partial charge in [0.1, 0.15) is 11.7 Å². The van der Waals surface area contributed by atoms with Crippen molar-refractivity contribution in [2.24, 2.45) is 17.8 Å². The van der Waals surface area contributed by atoms with Crippen molar-refractivity contribution in [2.75, 3.05) is 33.3 Å². The summed E-state index contributed by atoms with van der Waals surface area (Å²) in [6.45, 7) is 14.5. The number of esters is 1. The maximum Gasteiger partial charge on any atom is 0.410 e. The maximum absolute atomic E-state index is 13.1. The van der Waals surface area contributed by atoms with Crippen molar-refractivity contribution < 1.29 is 38.7 Å². The summed E-state index contributed by atoms with van der Waals surface area (Å²) < 4.78 is 23.7. The highest BCUT2D eigenvalue weighted by Crippen LogP contribution is 2.36. The molecule has 0 aliphatic carbocycles. The molecule has 0 spiro atoms. The fourth-order valence-electron chi connectivity index (χ4n) is 6.02. The molecule has 3 aliphatic heterocycles. The van der Waals surface area contributed by atoms with Gasteiger partial charge in [0.15, 0.2) is 6.10 Å². The van der Waals surface area contributed by atoms with Crippen molar-refractivity contribution in [1.29, 1.82) is 0 Å². The summed E-state index contributed by atoms with van der Waals surface area (Å²) in [6, 6.07) is 0. The van der Waals surface area contributed by atoms with Crippen LogP contribution in [0.25, 0.3) is 0 Å². The van der Waals surface area contributed by atoms with Gasteiger partial charge in [0, 0.05) is 45.1 Å². The van der Waals surface area contributed by atoms with Crippen molar-refractivity contribution >= 4 is 12.1 Å². The molecule has 258 valence electrons. The molecular weight excluding hydrogens is 576 g/mol. The molecule has 0 aromatic heterocycles. The van der Waals surface area contributed by atoms with Crippen molar-refractivity contribution in [2.45, 2.75) is 123 Å². The van der Waals surface area contributed by atoms with Gasteiger partial charge in [-0.3, -0.25) is 4.79 Å². The van der Waals surface area contributed by atoms with Crippen LogP contribution in [0.15, 0.2) is 36.0 Å². The summed E-state index contributed by atoms with van der Waals surface area (Å²) in [7, 11) is 1.57. The van der Waals surface area contributed by atoms with E-state index < -0.39 is 36.0 Å². The standard InChI is InChI=1S/C34H56N2O8.CH4/c1-8-27(38)25(5)32-28(42-32)20-22(2)10-9-11-23(3)31-24(4)12-13-29(43-33(40)36-18-16-35-17-19-36)34(6,41-7)15-14-26(37)21-30(39)44-31;/h9-13,22,24-29,31-32,35,37-38H,8,14-21H2,1-7H3;1H4/b10-9+,13-12+,23-11+;/t22-,24+,25-,26-,27+,28-,29+,31-,32-,34-;/m1./s1. The topological polar surface area (TPSA) is 130 Å². The summed E-state index contributed by atoms with van der Waals surface area (Å²) in [5, 5.41) is 24.0. The van der Waals surface area contributed by atoms with Gasteiger partial charge in [-0.05, 0) is 57.1 Å². The molecule has 0 saturated carbocycles. The van der Waals surface area contributed by atoms with Gasteiger partial charge in [-0.15, -0.1) is 0 Å². The van der Waals surface area contributed by atoms with Crippen LogP contribution in [0, 0.1) is 17.8 Å².